The van der Waals surface area contributed by atoms with Crippen LogP contribution in [-0.2, 0) is 23.0 Å². The quantitative estimate of drug-likeness (QED) is 0.834. The molecular formula is C11H14N4O3S. The molecule has 3 N–H and O–H groups in total. The number of anilines is 1. The van der Waals surface area contributed by atoms with Gasteiger partial charge in [0.1, 0.15) is 16.5 Å². The number of rotatable bonds is 5. The molecule has 2 rings (SSSR count). The first-order valence-corrected chi connectivity index (χ1v) is 7.14. The van der Waals surface area contributed by atoms with Crippen LogP contribution in [0.5, 0.6) is 0 Å². The molecule has 0 spiro atoms. The summed E-state index contributed by atoms with van der Waals surface area (Å²) < 4.78 is 31.6. The first-order chi connectivity index (χ1) is 9.01. The van der Waals surface area contributed by atoms with Crippen molar-refractivity contribution in [1.82, 2.24) is 14.7 Å². The number of aryl methyl sites for hydroxylation is 1. The minimum Gasteiger partial charge on any atom is -0.444 e. The standard InChI is InChI=1S/C11H14N4O3S/c1-2-8-5-14-11(18-8)7-15-19(16,17)9-3-4-10(12)13-6-9/h3-6,15H,2,7H2,1H3,(H2,12,13). The van der Waals surface area contributed by atoms with E-state index in [9.17, 15) is 8.42 Å². The summed E-state index contributed by atoms with van der Waals surface area (Å²) in [6.07, 6.45) is 3.49. The number of hydrogen-bond acceptors (Lipinski definition) is 6. The van der Waals surface area contributed by atoms with Crippen LogP contribution in [0.2, 0.25) is 0 Å². The van der Waals surface area contributed by atoms with Crippen LogP contribution in [0.4, 0.5) is 5.82 Å². The van der Waals surface area contributed by atoms with Gasteiger partial charge in [-0.3, -0.25) is 0 Å². The number of nitrogen functional groups attached to an aromatic ring is 1. The van der Waals surface area contributed by atoms with E-state index in [-0.39, 0.29) is 17.3 Å². The topological polar surface area (TPSA) is 111 Å². The second-order valence-electron chi connectivity index (χ2n) is 3.82. The van der Waals surface area contributed by atoms with Crippen LogP contribution in [0.3, 0.4) is 0 Å². The van der Waals surface area contributed by atoms with Gasteiger partial charge < -0.3 is 10.2 Å². The Morgan fingerprint density at radius 1 is 1.32 bits per heavy atom. The maximum Gasteiger partial charge on any atom is 0.242 e. The number of nitrogens with one attached hydrogen (secondary N) is 1. The number of pyridine rings is 1. The molecule has 0 saturated carbocycles. The van der Waals surface area contributed by atoms with Crippen molar-refractivity contribution in [2.75, 3.05) is 5.73 Å². The van der Waals surface area contributed by atoms with E-state index in [1.807, 2.05) is 6.92 Å². The lowest BCUT2D eigenvalue weighted by molar-refractivity contribution is 0.452. The Labute approximate surface area is 110 Å². The molecule has 0 aromatic carbocycles. The summed E-state index contributed by atoms with van der Waals surface area (Å²) in [4.78, 5) is 7.75. The van der Waals surface area contributed by atoms with Gasteiger partial charge in [0.25, 0.3) is 0 Å². The number of sulfonamides is 1. The lowest BCUT2D eigenvalue weighted by Gasteiger charge is -2.04. The van der Waals surface area contributed by atoms with Crippen molar-refractivity contribution in [2.45, 2.75) is 24.8 Å². The minimum absolute atomic E-state index is 0.00723. The molecule has 0 aliphatic rings. The fourth-order valence-electron chi connectivity index (χ4n) is 1.38. The molecule has 0 fully saturated rings. The van der Waals surface area contributed by atoms with E-state index >= 15 is 0 Å². The molecule has 0 aliphatic heterocycles. The van der Waals surface area contributed by atoms with Crippen molar-refractivity contribution < 1.29 is 12.8 Å². The summed E-state index contributed by atoms with van der Waals surface area (Å²) in [7, 11) is -3.64. The van der Waals surface area contributed by atoms with E-state index in [2.05, 4.69) is 14.7 Å². The Kier molecular flexibility index (Phi) is 3.82. The van der Waals surface area contributed by atoms with Crippen LogP contribution >= 0.6 is 0 Å². The Balaban J connectivity index is 2.07. The van der Waals surface area contributed by atoms with Crippen molar-refractivity contribution in [1.29, 1.82) is 0 Å². The molecule has 0 atom stereocenters. The van der Waals surface area contributed by atoms with Crippen molar-refractivity contribution >= 4 is 15.8 Å². The number of nitrogens with zero attached hydrogens (tertiary/aromatic N) is 2. The highest BCUT2D eigenvalue weighted by Gasteiger charge is 2.15. The maximum absolute atomic E-state index is 11.9. The first kappa shape index (κ1) is 13.5. The minimum atomic E-state index is -3.64. The molecule has 2 aromatic rings. The smallest absolute Gasteiger partial charge is 0.242 e. The molecule has 19 heavy (non-hydrogen) atoms. The van der Waals surface area contributed by atoms with E-state index in [0.29, 0.717) is 18.1 Å². The van der Waals surface area contributed by atoms with Gasteiger partial charge in [0.05, 0.1) is 12.7 Å². The molecule has 0 saturated heterocycles. The normalized spacial score (nSPS) is 11.6. The Morgan fingerprint density at radius 3 is 2.68 bits per heavy atom. The van der Waals surface area contributed by atoms with Gasteiger partial charge >= 0.3 is 0 Å². The lowest BCUT2D eigenvalue weighted by atomic mass is 10.4. The summed E-state index contributed by atoms with van der Waals surface area (Å²) in [5, 5.41) is 0. The predicted octanol–water partition coefficient (Wildman–Crippen LogP) is 0.693. The van der Waals surface area contributed by atoms with Gasteiger partial charge in [-0.05, 0) is 12.1 Å². The third kappa shape index (κ3) is 3.30. The molecule has 2 heterocycles. The molecule has 0 unspecified atom stereocenters. The lowest BCUT2D eigenvalue weighted by Crippen LogP contribution is -2.23. The van der Waals surface area contributed by atoms with Crippen molar-refractivity contribution in [3.05, 3.63) is 36.2 Å². The van der Waals surface area contributed by atoms with Gasteiger partial charge in [0, 0.05) is 12.6 Å². The van der Waals surface area contributed by atoms with E-state index < -0.39 is 10.0 Å². The SMILES string of the molecule is CCc1cnc(CNS(=O)(=O)c2ccc(N)nc2)o1. The molecular weight excluding hydrogens is 268 g/mol. The average molecular weight is 282 g/mol. The third-order valence-electron chi connectivity index (χ3n) is 2.43. The largest absolute Gasteiger partial charge is 0.444 e. The number of oxazole rings is 1. The van der Waals surface area contributed by atoms with Crippen molar-refractivity contribution in [3.63, 3.8) is 0 Å². The molecule has 7 nitrogen and oxygen atoms in total. The fraction of sp³-hybridized carbons (Fsp3) is 0.273. The maximum atomic E-state index is 11.9. The summed E-state index contributed by atoms with van der Waals surface area (Å²) in [6, 6.07) is 2.81. The molecule has 102 valence electrons. The van der Waals surface area contributed by atoms with Gasteiger partial charge in [0.15, 0.2) is 0 Å². The van der Waals surface area contributed by atoms with Crippen LogP contribution in [0.15, 0.2) is 33.8 Å². The third-order valence-corrected chi connectivity index (χ3v) is 3.82. The predicted molar refractivity (Wildman–Crippen MR) is 68.6 cm³/mol. The van der Waals surface area contributed by atoms with E-state index in [1.54, 1.807) is 6.20 Å². The summed E-state index contributed by atoms with van der Waals surface area (Å²) in [6.45, 7) is 1.92. The molecule has 0 radical (unpaired) electrons. The molecule has 0 bridgehead atoms. The van der Waals surface area contributed by atoms with Gasteiger partial charge in [-0.15, -0.1) is 0 Å². The van der Waals surface area contributed by atoms with E-state index in [1.165, 1.54) is 18.3 Å². The monoisotopic (exact) mass is 282 g/mol. The second kappa shape index (κ2) is 5.37. The highest BCUT2D eigenvalue weighted by molar-refractivity contribution is 7.89. The molecule has 0 aliphatic carbocycles. The fourth-order valence-corrected chi connectivity index (χ4v) is 2.30. The average Bonchev–Trinajstić information content (AvgIpc) is 2.85. The van der Waals surface area contributed by atoms with Gasteiger partial charge in [-0.2, -0.15) is 0 Å². The zero-order chi connectivity index (χ0) is 13.9. The zero-order valence-electron chi connectivity index (χ0n) is 10.3. The van der Waals surface area contributed by atoms with Crippen LogP contribution in [0, 0.1) is 0 Å². The Hall–Kier alpha value is -1.93. The molecule has 8 heteroatoms. The molecule has 2 aromatic heterocycles. The van der Waals surface area contributed by atoms with E-state index in [0.717, 1.165) is 0 Å². The second-order valence-corrected chi connectivity index (χ2v) is 5.58. The Morgan fingerprint density at radius 2 is 2.11 bits per heavy atom. The molecule has 0 amide bonds. The van der Waals surface area contributed by atoms with Gasteiger partial charge in [-0.1, -0.05) is 6.92 Å². The highest BCUT2D eigenvalue weighted by Crippen LogP contribution is 2.10. The summed E-state index contributed by atoms with van der Waals surface area (Å²) in [5.41, 5.74) is 5.40. The first-order valence-electron chi connectivity index (χ1n) is 5.66. The Bertz CT molecular complexity index is 649. The number of aromatic nitrogens is 2. The van der Waals surface area contributed by atoms with Crippen molar-refractivity contribution in [2.24, 2.45) is 0 Å². The van der Waals surface area contributed by atoms with Gasteiger partial charge in [0.2, 0.25) is 15.9 Å². The van der Waals surface area contributed by atoms with E-state index in [4.69, 9.17) is 10.2 Å². The summed E-state index contributed by atoms with van der Waals surface area (Å²) >= 11 is 0. The number of nitrogens with two attached hydrogens (primary N) is 1. The van der Waals surface area contributed by atoms with Crippen LogP contribution < -0.4 is 10.5 Å². The highest BCUT2D eigenvalue weighted by atomic mass is 32.2. The number of hydrogen-bond donors (Lipinski definition) is 2. The van der Waals surface area contributed by atoms with Crippen LogP contribution in [0.25, 0.3) is 0 Å². The van der Waals surface area contributed by atoms with Crippen LogP contribution in [-0.4, -0.2) is 18.4 Å². The van der Waals surface area contributed by atoms with Gasteiger partial charge in [-0.25, -0.2) is 23.1 Å². The zero-order valence-corrected chi connectivity index (χ0v) is 11.1. The van der Waals surface area contributed by atoms with Crippen molar-refractivity contribution in [3.8, 4) is 0 Å². The summed E-state index contributed by atoms with van der Waals surface area (Å²) in [5.74, 6) is 1.30. The van der Waals surface area contributed by atoms with Crippen LogP contribution in [0.1, 0.15) is 18.6 Å².